The molecule has 1 atom stereocenters. The van der Waals surface area contributed by atoms with Gasteiger partial charge in [-0.2, -0.15) is 13.2 Å². The Hall–Kier alpha value is -2.55. The van der Waals surface area contributed by atoms with Crippen LogP contribution >= 0.6 is 39.1 Å². The number of carbonyl (C=O) groups excluding carboxylic acids is 1. The fourth-order valence-electron chi connectivity index (χ4n) is 3.43. The molecule has 4 nitrogen and oxygen atoms in total. The zero-order valence-electron chi connectivity index (χ0n) is 16.6. The highest BCUT2D eigenvalue weighted by Crippen LogP contribution is 2.49. The third kappa shape index (κ3) is 4.88. The first-order valence-electron chi connectivity index (χ1n) is 9.53. The number of hydrogen-bond acceptors (Lipinski definition) is 3. The Balaban J connectivity index is 1.60. The average molecular weight is 558 g/mol. The summed E-state index contributed by atoms with van der Waals surface area (Å²) < 4.78 is 43.4. The molecule has 33 heavy (non-hydrogen) atoms. The van der Waals surface area contributed by atoms with Crippen LogP contribution in [0.15, 0.2) is 76.4 Å². The lowest BCUT2D eigenvalue weighted by Crippen LogP contribution is -2.42. The highest BCUT2D eigenvalue weighted by atomic mass is 79.9. The van der Waals surface area contributed by atoms with Gasteiger partial charge in [0.15, 0.2) is 0 Å². The van der Waals surface area contributed by atoms with E-state index in [1.807, 2.05) is 0 Å². The lowest BCUT2D eigenvalue weighted by molar-refractivity contribution is -0.275. The van der Waals surface area contributed by atoms with E-state index in [4.69, 9.17) is 28.0 Å². The van der Waals surface area contributed by atoms with Gasteiger partial charge in [0.05, 0.1) is 5.71 Å². The second kappa shape index (κ2) is 9.00. The van der Waals surface area contributed by atoms with Crippen LogP contribution in [0.3, 0.4) is 0 Å². The molecule has 4 rings (SSSR count). The molecule has 10 heteroatoms. The van der Waals surface area contributed by atoms with Gasteiger partial charge in [-0.15, -0.1) is 0 Å². The maximum Gasteiger partial charge on any atom is 0.435 e. The Kier molecular flexibility index (Phi) is 6.44. The summed E-state index contributed by atoms with van der Waals surface area (Å²) in [5, 5.41) is 6.58. The molecule has 0 spiro atoms. The lowest BCUT2D eigenvalue weighted by Gasteiger charge is -2.29. The molecule has 3 aromatic rings. The largest absolute Gasteiger partial charge is 0.435 e. The summed E-state index contributed by atoms with van der Waals surface area (Å²) in [6.07, 6.45) is -5.38. The van der Waals surface area contributed by atoms with Crippen molar-refractivity contribution in [2.24, 2.45) is 5.16 Å². The van der Waals surface area contributed by atoms with Crippen molar-refractivity contribution in [2.45, 2.75) is 18.2 Å². The van der Waals surface area contributed by atoms with Gasteiger partial charge < -0.3 is 10.2 Å². The van der Waals surface area contributed by atoms with E-state index in [2.05, 4.69) is 26.4 Å². The van der Waals surface area contributed by atoms with Crippen LogP contribution in [0.1, 0.15) is 27.9 Å². The van der Waals surface area contributed by atoms with Crippen LogP contribution in [-0.4, -0.2) is 17.8 Å². The van der Waals surface area contributed by atoms with E-state index in [0.29, 0.717) is 16.8 Å². The normalized spacial score (nSPS) is 17.9. The molecule has 0 fully saturated rings. The molecular formula is C23H14BrCl2F3N2O2. The van der Waals surface area contributed by atoms with Crippen molar-refractivity contribution < 1.29 is 22.8 Å². The second-order valence-corrected chi connectivity index (χ2v) is 9.12. The summed E-state index contributed by atoms with van der Waals surface area (Å²) in [4.78, 5) is 17.5. The van der Waals surface area contributed by atoms with Gasteiger partial charge in [-0.3, -0.25) is 4.79 Å². The molecule has 0 saturated carbocycles. The minimum Gasteiger partial charge on any atom is -0.374 e. The maximum absolute atomic E-state index is 14.2. The summed E-state index contributed by atoms with van der Waals surface area (Å²) >= 11 is 15.2. The van der Waals surface area contributed by atoms with Crippen LogP contribution in [0.4, 0.5) is 18.9 Å². The summed E-state index contributed by atoms with van der Waals surface area (Å²) in [6, 6.07) is 16.8. The van der Waals surface area contributed by atoms with Gasteiger partial charge in [0.25, 0.3) is 11.5 Å². The predicted molar refractivity (Wildman–Crippen MR) is 125 cm³/mol. The standard InChI is InChI=1S/C23H14BrCl2F3N2O2/c24-16-6-4-13(5-7-16)21(32)30-19-3-1-2-14(8-19)20-12-22(33-31-20,23(27,28)29)15-9-17(25)11-18(26)10-15/h1-11H,12H2,(H,30,32). The molecule has 1 aliphatic rings. The molecule has 1 heterocycles. The van der Waals surface area contributed by atoms with Crippen molar-refractivity contribution in [3.63, 3.8) is 0 Å². The summed E-state index contributed by atoms with van der Waals surface area (Å²) in [6.45, 7) is 0. The van der Waals surface area contributed by atoms with Crippen LogP contribution in [-0.2, 0) is 10.4 Å². The number of halogens is 6. The Labute approximate surface area is 205 Å². The molecule has 1 N–H and O–H groups in total. The third-order valence-electron chi connectivity index (χ3n) is 5.07. The zero-order valence-corrected chi connectivity index (χ0v) is 19.7. The second-order valence-electron chi connectivity index (χ2n) is 7.33. The van der Waals surface area contributed by atoms with E-state index in [1.54, 1.807) is 42.5 Å². The molecule has 0 saturated heterocycles. The summed E-state index contributed by atoms with van der Waals surface area (Å²) in [7, 11) is 0. The Morgan fingerprint density at radius 2 is 1.70 bits per heavy atom. The molecule has 170 valence electrons. The first kappa shape index (κ1) is 23.6. The van der Waals surface area contributed by atoms with Gasteiger partial charge in [0.2, 0.25) is 0 Å². The molecule has 1 amide bonds. The molecule has 0 bridgehead atoms. The highest BCUT2D eigenvalue weighted by molar-refractivity contribution is 9.10. The third-order valence-corrected chi connectivity index (χ3v) is 6.04. The Morgan fingerprint density at radius 1 is 1.03 bits per heavy atom. The van der Waals surface area contributed by atoms with Crippen LogP contribution in [0.2, 0.25) is 10.0 Å². The van der Waals surface area contributed by atoms with E-state index in [-0.39, 0.29) is 27.2 Å². The number of alkyl halides is 3. The number of hydrogen-bond donors (Lipinski definition) is 1. The monoisotopic (exact) mass is 556 g/mol. The van der Waals surface area contributed by atoms with Crippen molar-refractivity contribution >= 4 is 56.4 Å². The fraction of sp³-hybridized carbons (Fsp3) is 0.130. The number of benzene rings is 3. The molecule has 1 aliphatic heterocycles. The molecule has 0 radical (unpaired) electrons. The number of nitrogens with one attached hydrogen (secondary N) is 1. The number of nitrogens with zero attached hydrogens (tertiary/aromatic N) is 1. The maximum atomic E-state index is 14.2. The van der Waals surface area contributed by atoms with E-state index < -0.39 is 18.2 Å². The van der Waals surface area contributed by atoms with Gasteiger partial charge in [-0.25, -0.2) is 0 Å². The molecule has 0 aliphatic carbocycles. The molecule has 1 unspecified atom stereocenters. The van der Waals surface area contributed by atoms with Crippen molar-refractivity contribution in [3.8, 4) is 0 Å². The quantitative estimate of drug-likeness (QED) is 0.359. The fourth-order valence-corrected chi connectivity index (χ4v) is 4.22. The predicted octanol–water partition coefficient (Wildman–Crippen LogP) is 7.59. The van der Waals surface area contributed by atoms with Crippen molar-refractivity contribution in [2.75, 3.05) is 5.32 Å². The Morgan fingerprint density at radius 3 is 2.33 bits per heavy atom. The van der Waals surface area contributed by atoms with Crippen LogP contribution in [0.5, 0.6) is 0 Å². The molecule has 0 aromatic heterocycles. The summed E-state index contributed by atoms with van der Waals surface area (Å²) in [5.41, 5.74) is -1.69. The van der Waals surface area contributed by atoms with Crippen molar-refractivity contribution in [1.82, 2.24) is 0 Å². The van der Waals surface area contributed by atoms with Crippen molar-refractivity contribution in [3.05, 3.63) is 97.9 Å². The van der Waals surface area contributed by atoms with Crippen LogP contribution < -0.4 is 5.32 Å². The Bertz CT molecular complexity index is 1230. The highest BCUT2D eigenvalue weighted by Gasteiger charge is 2.62. The minimum atomic E-state index is -4.79. The summed E-state index contributed by atoms with van der Waals surface area (Å²) in [5.74, 6) is -0.359. The molecular weight excluding hydrogens is 544 g/mol. The van der Waals surface area contributed by atoms with Gasteiger partial charge in [-0.1, -0.05) is 56.4 Å². The van der Waals surface area contributed by atoms with E-state index >= 15 is 0 Å². The smallest absolute Gasteiger partial charge is 0.374 e. The topological polar surface area (TPSA) is 50.7 Å². The van der Waals surface area contributed by atoms with E-state index in [9.17, 15) is 18.0 Å². The zero-order chi connectivity index (χ0) is 23.8. The number of oxime groups is 1. The number of anilines is 1. The number of rotatable bonds is 4. The first-order valence-corrected chi connectivity index (χ1v) is 11.1. The number of carbonyl (C=O) groups is 1. The van der Waals surface area contributed by atoms with Crippen LogP contribution in [0.25, 0.3) is 0 Å². The van der Waals surface area contributed by atoms with Gasteiger partial charge >= 0.3 is 6.18 Å². The van der Waals surface area contributed by atoms with E-state index in [0.717, 1.165) is 16.6 Å². The average Bonchev–Trinajstić information content (AvgIpc) is 3.21. The van der Waals surface area contributed by atoms with Gasteiger partial charge in [0, 0.05) is 43.3 Å². The van der Waals surface area contributed by atoms with Gasteiger partial charge in [-0.05, 0) is 54.6 Å². The van der Waals surface area contributed by atoms with Gasteiger partial charge in [0.1, 0.15) is 0 Å². The number of amides is 1. The van der Waals surface area contributed by atoms with Crippen molar-refractivity contribution in [1.29, 1.82) is 0 Å². The lowest BCUT2D eigenvalue weighted by atomic mass is 9.86. The first-order chi connectivity index (χ1) is 15.6. The SMILES string of the molecule is O=C(Nc1cccc(C2=NOC(c3cc(Cl)cc(Cl)c3)(C(F)(F)F)C2)c1)c1ccc(Br)cc1. The molecule has 3 aromatic carbocycles. The minimum absolute atomic E-state index is 0.0517. The van der Waals surface area contributed by atoms with E-state index in [1.165, 1.54) is 12.1 Å². The van der Waals surface area contributed by atoms with Crippen LogP contribution in [0, 0.1) is 0 Å².